The van der Waals surface area contributed by atoms with Gasteiger partial charge in [0.05, 0.1) is 5.38 Å². The molecule has 1 aromatic rings. The molecular weight excluding hydrogens is 344 g/mol. The summed E-state index contributed by atoms with van der Waals surface area (Å²) in [6.45, 7) is 8.47. The number of rotatable bonds is 4. The van der Waals surface area contributed by atoms with Crippen LogP contribution in [0.15, 0.2) is 36.1 Å². The lowest BCUT2D eigenvalue weighted by Gasteiger charge is -2.35. The summed E-state index contributed by atoms with van der Waals surface area (Å²) in [4.78, 5) is 25.0. The maximum absolute atomic E-state index is 12.8. The summed E-state index contributed by atoms with van der Waals surface area (Å²) in [6, 6.07) is 7.08. The Bertz CT molecular complexity index is 719. The highest BCUT2D eigenvalue weighted by Crippen LogP contribution is 2.43. The number of aliphatic hydroxyl groups is 1. The first-order valence-corrected chi connectivity index (χ1v) is 8.45. The molecule has 1 heterocycles. The van der Waals surface area contributed by atoms with Crippen LogP contribution in [0.3, 0.4) is 0 Å². The molecule has 0 fully saturated rings. The smallest absolute Gasteiger partial charge is 0.341 e. The number of halogens is 1. The van der Waals surface area contributed by atoms with E-state index in [1.54, 1.807) is 45.9 Å². The van der Waals surface area contributed by atoms with E-state index in [1.807, 2.05) is 13.0 Å². The lowest BCUT2D eigenvalue weighted by molar-refractivity contribution is -0.185. The topological polar surface area (TPSA) is 72.8 Å². The molecule has 1 aromatic carbocycles. The van der Waals surface area contributed by atoms with Crippen molar-refractivity contribution in [2.45, 2.75) is 51.2 Å². The third kappa shape index (κ3) is 4.05. The lowest BCUT2D eigenvalue weighted by Crippen LogP contribution is -2.53. The molecule has 5 nitrogen and oxygen atoms in total. The normalized spacial score (nSPS) is 21.2. The average Bonchev–Trinajstić information content (AvgIpc) is 2.83. The molecule has 0 spiro atoms. The molecule has 0 bridgehead atoms. The molecule has 2 rings (SSSR count). The van der Waals surface area contributed by atoms with Crippen LogP contribution in [0.5, 0.6) is 0 Å². The van der Waals surface area contributed by atoms with Crippen molar-refractivity contribution in [2.75, 3.05) is 0 Å². The van der Waals surface area contributed by atoms with E-state index in [-0.39, 0.29) is 0 Å². The van der Waals surface area contributed by atoms with Crippen molar-refractivity contribution < 1.29 is 24.2 Å². The quantitative estimate of drug-likeness (QED) is 0.653. The van der Waals surface area contributed by atoms with Crippen LogP contribution >= 0.6 is 11.6 Å². The van der Waals surface area contributed by atoms with Crippen molar-refractivity contribution in [1.29, 1.82) is 0 Å². The van der Waals surface area contributed by atoms with Crippen LogP contribution in [0.25, 0.3) is 0 Å². The molecule has 1 aliphatic heterocycles. The molecular formula is C19H23ClO5. The first-order valence-electron chi connectivity index (χ1n) is 8.01. The van der Waals surface area contributed by atoms with Gasteiger partial charge in [0.1, 0.15) is 17.3 Å². The molecule has 3 atom stereocenters. The van der Waals surface area contributed by atoms with Crippen LogP contribution in [0.4, 0.5) is 0 Å². The highest BCUT2D eigenvalue weighted by Gasteiger charge is 2.57. The number of ether oxygens (including phenoxy) is 2. The predicted octanol–water partition coefficient (Wildman–Crippen LogP) is 3.42. The number of hydrogen-bond acceptors (Lipinski definition) is 5. The van der Waals surface area contributed by atoms with Gasteiger partial charge in [-0.1, -0.05) is 29.8 Å². The Morgan fingerprint density at radius 3 is 2.44 bits per heavy atom. The van der Waals surface area contributed by atoms with Crippen LogP contribution in [0.2, 0.25) is 0 Å². The van der Waals surface area contributed by atoms with Crippen molar-refractivity contribution >= 4 is 23.5 Å². The molecule has 0 radical (unpaired) electrons. The summed E-state index contributed by atoms with van der Waals surface area (Å²) in [5.74, 6) is -2.63. The largest absolute Gasteiger partial charge is 0.458 e. The molecule has 0 aliphatic carbocycles. The summed E-state index contributed by atoms with van der Waals surface area (Å²) in [7, 11) is 0. The third-order valence-corrected chi connectivity index (χ3v) is 4.42. The van der Waals surface area contributed by atoms with Gasteiger partial charge in [0.2, 0.25) is 0 Å². The number of benzene rings is 1. The van der Waals surface area contributed by atoms with Gasteiger partial charge in [0.15, 0.2) is 5.60 Å². The molecule has 0 saturated carbocycles. The number of carbonyl (C=O) groups excluding carboxylic acids is 2. The Balaban J connectivity index is 2.52. The van der Waals surface area contributed by atoms with Gasteiger partial charge in [-0.05, 0) is 46.3 Å². The van der Waals surface area contributed by atoms with E-state index in [9.17, 15) is 14.7 Å². The van der Waals surface area contributed by atoms with Crippen LogP contribution in [-0.4, -0.2) is 28.2 Å². The van der Waals surface area contributed by atoms with E-state index >= 15 is 0 Å². The van der Waals surface area contributed by atoms with Crippen molar-refractivity contribution in [3.8, 4) is 0 Å². The first-order chi connectivity index (χ1) is 11.4. The van der Waals surface area contributed by atoms with Crippen molar-refractivity contribution in [2.24, 2.45) is 5.92 Å². The van der Waals surface area contributed by atoms with Gasteiger partial charge in [0, 0.05) is 0 Å². The number of aryl methyl sites for hydroxylation is 1. The monoisotopic (exact) mass is 366 g/mol. The van der Waals surface area contributed by atoms with Gasteiger partial charge in [-0.25, -0.2) is 4.79 Å². The minimum absolute atomic E-state index is 0.310. The Labute approximate surface area is 152 Å². The van der Waals surface area contributed by atoms with Gasteiger partial charge in [-0.3, -0.25) is 4.79 Å². The van der Waals surface area contributed by atoms with Crippen molar-refractivity contribution in [3.63, 3.8) is 0 Å². The Morgan fingerprint density at radius 2 is 1.96 bits per heavy atom. The van der Waals surface area contributed by atoms with E-state index in [4.69, 9.17) is 21.1 Å². The van der Waals surface area contributed by atoms with Gasteiger partial charge in [0.25, 0.3) is 0 Å². The molecule has 0 unspecified atom stereocenters. The summed E-state index contributed by atoms with van der Waals surface area (Å²) in [6.07, 6.45) is 1.40. The van der Waals surface area contributed by atoms with Gasteiger partial charge >= 0.3 is 11.9 Å². The summed E-state index contributed by atoms with van der Waals surface area (Å²) in [5, 5.41) is 10.1. The van der Waals surface area contributed by atoms with Crippen LogP contribution < -0.4 is 0 Å². The summed E-state index contributed by atoms with van der Waals surface area (Å²) in [5.41, 5.74) is -1.72. The van der Waals surface area contributed by atoms with Gasteiger partial charge in [-0.2, -0.15) is 0 Å². The lowest BCUT2D eigenvalue weighted by atomic mass is 9.81. The molecule has 1 N–H and O–H groups in total. The fourth-order valence-corrected chi connectivity index (χ4v) is 3.06. The van der Waals surface area contributed by atoms with E-state index in [1.165, 1.54) is 6.08 Å². The number of allylic oxidation sites excluding steroid dienone is 1. The van der Waals surface area contributed by atoms with Crippen molar-refractivity contribution in [3.05, 3.63) is 47.2 Å². The Morgan fingerprint density at radius 1 is 1.32 bits per heavy atom. The van der Waals surface area contributed by atoms with Gasteiger partial charge in [-0.15, -0.1) is 11.6 Å². The number of esters is 2. The Kier molecular flexibility index (Phi) is 5.30. The highest BCUT2D eigenvalue weighted by molar-refractivity contribution is 6.23. The van der Waals surface area contributed by atoms with Gasteiger partial charge < -0.3 is 14.6 Å². The van der Waals surface area contributed by atoms with Crippen LogP contribution in [-0.2, 0) is 19.1 Å². The highest BCUT2D eigenvalue weighted by atomic mass is 35.5. The molecule has 25 heavy (non-hydrogen) atoms. The second-order valence-corrected chi connectivity index (χ2v) is 7.72. The fraction of sp³-hybridized carbons (Fsp3) is 0.474. The second-order valence-electron chi connectivity index (χ2n) is 7.28. The minimum atomic E-state index is -2.29. The average molecular weight is 367 g/mol. The number of hydrogen-bond donors (Lipinski definition) is 1. The Hall–Kier alpha value is -1.85. The molecule has 6 heteroatoms. The molecule has 0 saturated heterocycles. The zero-order valence-electron chi connectivity index (χ0n) is 15.0. The summed E-state index contributed by atoms with van der Waals surface area (Å²) < 4.78 is 10.4. The summed E-state index contributed by atoms with van der Waals surface area (Å²) >= 11 is 6.51. The molecule has 1 aliphatic rings. The SMILES string of the molecule is CC1=C[C@H]([C@](O)(C(=O)OC(C)(C)C)[C@@H](Cl)c2cccc(C)c2)C(=O)O1. The minimum Gasteiger partial charge on any atom is -0.458 e. The fourth-order valence-electron chi connectivity index (χ4n) is 2.70. The van der Waals surface area contributed by atoms with Crippen LogP contribution in [0.1, 0.15) is 44.2 Å². The standard InChI is InChI=1S/C19H23ClO5/c1-11-7-6-8-13(9-11)15(20)19(23,17(22)25-18(3,4)5)14-10-12(2)24-16(14)21/h6-10,14-15,23H,1-5H3/t14-,15-,19+/m0/s1. The van der Waals surface area contributed by atoms with Crippen LogP contribution in [0, 0.1) is 12.8 Å². The van der Waals surface area contributed by atoms with E-state index in [2.05, 4.69) is 0 Å². The van der Waals surface area contributed by atoms with E-state index in [0.717, 1.165) is 5.56 Å². The molecule has 0 aromatic heterocycles. The zero-order chi connectivity index (χ0) is 19.0. The number of cyclic esters (lactones) is 1. The predicted molar refractivity (Wildman–Crippen MR) is 93.9 cm³/mol. The molecule has 136 valence electrons. The van der Waals surface area contributed by atoms with E-state index in [0.29, 0.717) is 11.3 Å². The molecule has 0 amide bonds. The third-order valence-electron chi connectivity index (χ3n) is 3.84. The van der Waals surface area contributed by atoms with E-state index < -0.39 is 34.4 Å². The maximum Gasteiger partial charge on any atom is 0.341 e. The number of carbonyl (C=O) groups is 2. The number of alkyl halides is 1. The zero-order valence-corrected chi connectivity index (χ0v) is 15.8. The maximum atomic E-state index is 12.8. The van der Waals surface area contributed by atoms with Crippen molar-refractivity contribution in [1.82, 2.24) is 0 Å². The first kappa shape index (κ1) is 19.5. The second kappa shape index (κ2) is 6.81.